The van der Waals surface area contributed by atoms with Gasteiger partial charge in [0.25, 0.3) is 0 Å². The summed E-state index contributed by atoms with van der Waals surface area (Å²) in [5.41, 5.74) is 7.69. The Bertz CT molecular complexity index is 516. The molecule has 6 heteroatoms. The van der Waals surface area contributed by atoms with Crippen molar-refractivity contribution in [1.29, 1.82) is 0 Å². The molecule has 0 aliphatic heterocycles. The summed E-state index contributed by atoms with van der Waals surface area (Å²) < 4.78 is 1.62. The van der Waals surface area contributed by atoms with Crippen molar-refractivity contribution >= 4 is 23.4 Å². The molecule has 78 valence electrons. The van der Waals surface area contributed by atoms with E-state index in [1.165, 1.54) is 24.6 Å². The van der Waals surface area contributed by atoms with Gasteiger partial charge in [-0.2, -0.15) is 14.6 Å². The van der Waals surface area contributed by atoms with Crippen LogP contribution in [0.25, 0.3) is 5.65 Å². The van der Waals surface area contributed by atoms with Crippen LogP contribution in [0.5, 0.6) is 0 Å². The molecule has 0 aromatic carbocycles. The van der Waals surface area contributed by atoms with Gasteiger partial charge in [-0.15, -0.1) is 0 Å². The van der Waals surface area contributed by atoms with Crippen molar-refractivity contribution in [3.63, 3.8) is 0 Å². The first-order valence-corrected chi connectivity index (χ1v) is 6.07. The fourth-order valence-electron chi connectivity index (χ4n) is 1.58. The number of fused-ring (bicyclic) bond motifs is 1. The third-order valence-corrected chi connectivity index (χ3v) is 3.07. The van der Waals surface area contributed by atoms with Gasteiger partial charge in [-0.3, -0.25) is 0 Å². The highest BCUT2D eigenvalue weighted by Gasteiger charge is 2.27. The van der Waals surface area contributed by atoms with Crippen molar-refractivity contribution in [2.75, 3.05) is 12.0 Å². The molecule has 15 heavy (non-hydrogen) atoms. The van der Waals surface area contributed by atoms with Gasteiger partial charge in [-0.1, -0.05) is 11.8 Å². The summed E-state index contributed by atoms with van der Waals surface area (Å²) in [6.45, 7) is 0. The van der Waals surface area contributed by atoms with E-state index in [1.54, 1.807) is 4.52 Å². The molecule has 0 radical (unpaired) electrons. The van der Waals surface area contributed by atoms with Gasteiger partial charge in [0.1, 0.15) is 0 Å². The molecule has 0 amide bonds. The standard InChI is InChI=1S/C9H11N5S/c1-15-9-11-7-4-6(5-2-3-5)13-14(7)8(10)12-9/h4-5H,2-3H2,1H3,(H2,10,11,12). The van der Waals surface area contributed by atoms with Gasteiger partial charge in [-0.25, -0.2) is 4.98 Å². The van der Waals surface area contributed by atoms with E-state index in [9.17, 15) is 0 Å². The summed E-state index contributed by atoms with van der Waals surface area (Å²) in [5.74, 6) is 1.03. The summed E-state index contributed by atoms with van der Waals surface area (Å²) >= 11 is 1.49. The van der Waals surface area contributed by atoms with Crippen LogP contribution in [0.1, 0.15) is 24.5 Å². The third kappa shape index (κ3) is 1.45. The van der Waals surface area contributed by atoms with E-state index in [1.807, 2.05) is 12.3 Å². The van der Waals surface area contributed by atoms with Crippen molar-refractivity contribution in [2.45, 2.75) is 23.9 Å². The lowest BCUT2D eigenvalue weighted by atomic mass is 10.3. The van der Waals surface area contributed by atoms with Crippen molar-refractivity contribution in [3.8, 4) is 0 Å². The molecule has 0 spiro atoms. The number of hydrogen-bond acceptors (Lipinski definition) is 5. The van der Waals surface area contributed by atoms with Gasteiger partial charge in [0, 0.05) is 12.0 Å². The van der Waals surface area contributed by atoms with E-state index < -0.39 is 0 Å². The molecule has 0 bridgehead atoms. The first-order chi connectivity index (χ1) is 7.28. The van der Waals surface area contributed by atoms with E-state index in [2.05, 4.69) is 15.1 Å². The van der Waals surface area contributed by atoms with Gasteiger partial charge in [-0.05, 0) is 19.1 Å². The second-order valence-corrected chi connectivity index (χ2v) is 4.46. The lowest BCUT2D eigenvalue weighted by Crippen LogP contribution is -2.04. The van der Waals surface area contributed by atoms with Crippen LogP contribution in [-0.2, 0) is 0 Å². The number of nitrogen functional groups attached to an aromatic ring is 1. The Morgan fingerprint density at radius 3 is 2.93 bits per heavy atom. The molecule has 0 unspecified atom stereocenters. The summed E-state index contributed by atoms with van der Waals surface area (Å²) in [6, 6.07) is 2.01. The highest BCUT2D eigenvalue weighted by atomic mass is 32.2. The molecule has 2 aromatic rings. The molecule has 1 fully saturated rings. The molecule has 0 atom stereocenters. The Morgan fingerprint density at radius 2 is 2.27 bits per heavy atom. The Balaban J connectivity index is 2.19. The number of rotatable bonds is 2. The first kappa shape index (κ1) is 8.96. The normalized spacial score (nSPS) is 16.1. The monoisotopic (exact) mass is 221 g/mol. The van der Waals surface area contributed by atoms with Gasteiger partial charge >= 0.3 is 0 Å². The minimum absolute atomic E-state index is 0.413. The maximum atomic E-state index is 5.80. The van der Waals surface area contributed by atoms with Crippen molar-refractivity contribution in [2.24, 2.45) is 0 Å². The second-order valence-electron chi connectivity index (χ2n) is 3.68. The fraction of sp³-hybridized carbons (Fsp3) is 0.444. The molecular formula is C9H11N5S. The second kappa shape index (κ2) is 3.10. The van der Waals surface area contributed by atoms with Crippen molar-refractivity contribution in [3.05, 3.63) is 11.8 Å². The van der Waals surface area contributed by atoms with Crippen molar-refractivity contribution in [1.82, 2.24) is 19.6 Å². The molecule has 1 aliphatic carbocycles. The Hall–Kier alpha value is -1.30. The van der Waals surface area contributed by atoms with Crippen LogP contribution in [0, 0.1) is 0 Å². The number of anilines is 1. The van der Waals surface area contributed by atoms with E-state index >= 15 is 0 Å². The van der Waals surface area contributed by atoms with Crippen molar-refractivity contribution < 1.29 is 0 Å². The van der Waals surface area contributed by atoms with Crippen LogP contribution in [0.4, 0.5) is 5.95 Å². The molecule has 5 nitrogen and oxygen atoms in total. The van der Waals surface area contributed by atoms with Gasteiger partial charge < -0.3 is 5.73 Å². The van der Waals surface area contributed by atoms with Crippen LogP contribution in [0.2, 0.25) is 0 Å². The Labute approximate surface area is 91.1 Å². The highest BCUT2D eigenvalue weighted by Crippen LogP contribution is 2.39. The maximum Gasteiger partial charge on any atom is 0.225 e. The highest BCUT2D eigenvalue weighted by molar-refractivity contribution is 7.98. The minimum Gasteiger partial charge on any atom is -0.368 e. The molecule has 0 saturated heterocycles. The number of nitrogens with two attached hydrogens (primary N) is 1. The van der Waals surface area contributed by atoms with Crippen LogP contribution in [0.3, 0.4) is 0 Å². The Morgan fingerprint density at radius 1 is 1.47 bits per heavy atom. The fourth-order valence-corrected chi connectivity index (χ4v) is 1.95. The largest absolute Gasteiger partial charge is 0.368 e. The molecule has 2 N–H and O–H groups in total. The summed E-state index contributed by atoms with van der Waals surface area (Å²) in [4.78, 5) is 8.50. The molecule has 2 aromatic heterocycles. The third-order valence-electron chi connectivity index (χ3n) is 2.53. The zero-order valence-electron chi connectivity index (χ0n) is 8.34. The lowest BCUT2D eigenvalue weighted by molar-refractivity contribution is 0.829. The number of thioether (sulfide) groups is 1. The van der Waals surface area contributed by atoms with Crippen LogP contribution in [0.15, 0.2) is 11.2 Å². The predicted octanol–water partition coefficient (Wildman–Crippen LogP) is 1.31. The molecule has 1 saturated carbocycles. The first-order valence-electron chi connectivity index (χ1n) is 4.85. The number of hydrogen-bond donors (Lipinski definition) is 1. The molecule has 1 aliphatic rings. The quantitative estimate of drug-likeness (QED) is 0.774. The molecule has 3 rings (SSSR count). The summed E-state index contributed by atoms with van der Waals surface area (Å²) in [6.07, 6.45) is 4.39. The van der Waals surface area contributed by atoms with E-state index in [0.717, 1.165) is 11.3 Å². The average molecular weight is 221 g/mol. The lowest BCUT2D eigenvalue weighted by Gasteiger charge is -1.99. The van der Waals surface area contributed by atoms with Crippen LogP contribution < -0.4 is 5.73 Å². The zero-order chi connectivity index (χ0) is 10.4. The molecule has 2 heterocycles. The zero-order valence-corrected chi connectivity index (χ0v) is 9.16. The van der Waals surface area contributed by atoms with Gasteiger partial charge in [0.05, 0.1) is 5.69 Å². The summed E-state index contributed by atoms with van der Waals surface area (Å²) in [5, 5.41) is 5.10. The summed E-state index contributed by atoms with van der Waals surface area (Å²) in [7, 11) is 0. The minimum atomic E-state index is 0.413. The van der Waals surface area contributed by atoms with Gasteiger partial charge in [0.2, 0.25) is 5.95 Å². The maximum absolute atomic E-state index is 5.80. The van der Waals surface area contributed by atoms with E-state index in [0.29, 0.717) is 17.0 Å². The van der Waals surface area contributed by atoms with E-state index in [4.69, 9.17) is 5.73 Å². The van der Waals surface area contributed by atoms with E-state index in [-0.39, 0.29) is 0 Å². The average Bonchev–Trinajstić information content (AvgIpc) is 2.98. The van der Waals surface area contributed by atoms with Gasteiger partial charge in [0.15, 0.2) is 10.8 Å². The molecular weight excluding hydrogens is 210 g/mol. The van der Waals surface area contributed by atoms with Crippen LogP contribution >= 0.6 is 11.8 Å². The Kier molecular flexibility index (Phi) is 1.85. The smallest absolute Gasteiger partial charge is 0.225 e. The number of nitrogens with zero attached hydrogens (tertiary/aromatic N) is 4. The topological polar surface area (TPSA) is 69.1 Å². The predicted molar refractivity (Wildman–Crippen MR) is 59.0 cm³/mol. The van der Waals surface area contributed by atoms with Crippen LogP contribution in [-0.4, -0.2) is 25.8 Å². The number of aromatic nitrogens is 4. The SMILES string of the molecule is CSc1nc(N)n2nc(C3CC3)cc2n1.